The number of halogens is 4. The predicted molar refractivity (Wildman–Crippen MR) is 196 cm³/mol. The van der Waals surface area contributed by atoms with Crippen LogP contribution in [0, 0.1) is 23.3 Å². The van der Waals surface area contributed by atoms with Gasteiger partial charge in [-0.1, -0.05) is 0 Å². The van der Waals surface area contributed by atoms with Crippen molar-refractivity contribution in [3.8, 4) is 0 Å². The van der Waals surface area contributed by atoms with Gasteiger partial charge < -0.3 is 0 Å². The van der Waals surface area contributed by atoms with Crippen LogP contribution in [0.1, 0.15) is 20.7 Å². The van der Waals surface area contributed by atoms with Crippen LogP contribution in [-0.4, -0.2) is 52.3 Å². The first-order valence-electron chi connectivity index (χ1n) is 17.1. The molecule has 0 spiro atoms. The van der Waals surface area contributed by atoms with Crippen molar-refractivity contribution in [2.45, 2.75) is 8.45 Å². The molecule has 0 aliphatic heterocycles. The van der Waals surface area contributed by atoms with Gasteiger partial charge in [0.15, 0.2) is 0 Å². The summed E-state index contributed by atoms with van der Waals surface area (Å²) in [4.78, 5) is 30.2. The van der Waals surface area contributed by atoms with Crippen LogP contribution in [0.15, 0.2) is 134 Å². The Kier molecular flexibility index (Phi) is 12.1. The molecule has 2 aliphatic carbocycles. The first-order valence-corrected chi connectivity index (χ1v) is 20.5. The van der Waals surface area contributed by atoms with E-state index in [0.717, 1.165) is 12.1 Å². The van der Waals surface area contributed by atoms with Crippen molar-refractivity contribution in [3.63, 3.8) is 0 Å². The Morgan fingerprint density at radius 3 is 1.26 bits per heavy atom. The third-order valence-electron chi connectivity index (χ3n) is 9.67. The van der Waals surface area contributed by atoms with Crippen LogP contribution in [-0.2, 0) is 26.1 Å². The first kappa shape index (κ1) is 37.9. The number of carbonyl (C=O) groups is 2. The van der Waals surface area contributed by atoms with Crippen molar-refractivity contribution in [1.29, 1.82) is 0 Å². The number of carbonyl (C=O) groups excluding carboxylic acids is 2. The molecule has 2 amide bonds. The van der Waals surface area contributed by atoms with E-state index in [2.05, 4.69) is 0 Å². The Bertz CT molecular complexity index is 1910. The molecule has 6 rings (SSSR count). The average Bonchev–Trinajstić information content (AvgIpc) is 3.93. The zero-order valence-electron chi connectivity index (χ0n) is 29.2. The van der Waals surface area contributed by atoms with Crippen molar-refractivity contribution >= 4 is 30.9 Å². The van der Waals surface area contributed by atoms with E-state index in [4.69, 9.17) is 9.47 Å². The standard InChI is InChI=1S/2C16H14F2NO2.2C5H5.Ti/c2*1-21-10-9-19(15-8-7-13(17)11-14(15)18)16(20)12-5-3-2-4-6-12;2*1-2-4-5-3-1;/h2*2-8H,9-10H2,1H3;2*1-5H;. The molecule has 6 nitrogen and oxygen atoms in total. The maximum atomic E-state index is 17.8. The molecule has 0 N–H and O–H groups in total. The monoisotopic (exact) mass is 758 g/mol. The number of amides is 2. The van der Waals surface area contributed by atoms with Gasteiger partial charge in [0.2, 0.25) is 0 Å². The van der Waals surface area contributed by atoms with Crippen LogP contribution in [0.3, 0.4) is 0 Å². The molecule has 272 valence electrons. The van der Waals surface area contributed by atoms with Crippen LogP contribution >= 0.6 is 0 Å². The van der Waals surface area contributed by atoms with Crippen molar-refractivity contribution in [3.05, 3.63) is 168 Å². The molecule has 0 bridgehead atoms. The van der Waals surface area contributed by atoms with E-state index < -0.39 is 67.9 Å². The van der Waals surface area contributed by atoms with Crippen LogP contribution in [0.4, 0.5) is 28.9 Å². The van der Waals surface area contributed by atoms with E-state index in [1.807, 2.05) is 0 Å². The van der Waals surface area contributed by atoms with Crippen LogP contribution in [0.2, 0.25) is 8.45 Å². The number of ether oxygens (including phenoxy) is 2. The number of hydrogen-bond acceptors (Lipinski definition) is 4. The van der Waals surface area contributed by atoms with Gasteiger partial charge in [-0.2, -0.15) is 0 Å². The molecule has 0 unspecified atom stereocenters. The van der Waals surface area contributed by atoms with Crippen molar-refractivity contribution in [2.24, 2.45) is 0 Å². The maximum absolute atomic E-state index is 17.8. The van der Waals surface area contributed by atoms with Crippen LogP contribution in [0.5, 0.6) is 0 Å². The molecule has 0 saturated carbocycles. The summed E-state index contributed by atoms with van der Waals surface area (Å²) in [6.45, 7) is -0.130. The number of rotatable bonds is 14. The molecule has 0 radical (unpaired) electrons. The molecular weight excluding hydrogens is 720 g/mol. The van der Waals surface area contributed by atoms with Crippen LogP contribution in [0.25, 0.3) is 0 Å². The third kappa shape index (κ3) is 7.24. The second-order valence-corrected chi connectivity index (χ2v) is 19.0. The molecule has 0 atom stereocenters. The molecule has 0 aromatic heterocycles. The van der Waals surface area contributed by atoms with Gasteiger partial charge in [0.1, 0.15) is 0 Å². The van der Waals surface area contributed by atoms with Gasteiger partial charge in [-0.3, -0.25) is 0 Å². The molecule has 53 heavy (non-hydrogen) atoms. The van der Waals surface area contributed by atoms with Crippen molar-refractivity contribution < 1.29 is 53.2 Å². The average molecular weight is 759 g/mol. The zero-order chi connectivity index (χ0) is 37.5. The molecule has 0 heterocycles. The van der Waals surface area contributed by atoms with Gasteiger partial charge in [0.25, 0.3) is 0 Å². The number of benzene rings is 4. The zero-order valence-corrected chi connectivity index (χ0v) is 30.8. The van der Waals surface area contributed by atoms with E-state index >= 15 is 17.6 Å². The number of methoxy groups -OCH3 is 2. The second-order valence-electron chi connectivity index (χ2n) is 12.6. The number of anilines is 2. The summed E-state index contributed by atoms with van der Waals surface area (Å²) in [5.74, 6) is -5.29. The SMILES string of the molecule is COCCN(C(=O)c1ccccc1)c1ccc(F)[c]([Ti]([c]2c(F)ccc(N(CCOC)C(=O)c3ccccc3)c2F)([CH]2C=CC=C2)[CH]2C=CC=C2)c1F. The minimum absolute atomic E-state index is 0.0253. The van der Waals surface area contributed by atoms with Gasteiger partial charge in [0, 0.05) is 0 Å². The molecule has 4 aromatic carbocycles. The number of nitrogens with zero attached hydrogens (tertiary/aromatic N) is 2. The first-order chi connectivity index (χ1) is 25.7. The Morgan fingerprint density at radius 2 is 0.925 bits per heavy atom. The summed E-state index contributed by atoms with van der Waals surface area (Å²) in [5.41, 5.74) is 0.0114. The van der Waals surface area contributed by atoms with Crippen molar-refractivity contribution in [2.75, 3.05) is 50.3 Å². The van der Waals surface area contributed by atoms with Gasteiger partial charge in [-0.15, -0.1) is 0 Å². The minimum atomic E-state index is -5.31. The fraction of sp³-hybridized carbons (Fsp3) is 0.190. The third-order valence-corrected chi connectivity index (χ3v) is 18.2. The van der Waals surface area contributed by atoms with E-state index in [9.17, 15) is 9.59 Å². The van der Waals surface area contributed by atoms with Gasteiger partial charge in [-0.05, 0) is 0 Å². The van der Waals surface area contributed by atoms with E-state index in [0.29, 0.717) is 0 Å². The molecular formula is C42H38F4N2O4Ti. The van der Waals surface area contributed by atoms with E-state index in [1.165, 1.54) is 36.2 Å². The van der Waals surface area contributed by atoms with E-state index in [1.54, 1.807) is 109 Å². The van der Waals surface area contributed by atoms with Gasteiger partial charge in [-0.25, -0.2) is 0 Å². The molecule has 0 fully saturated rings. The van der Waals surface area contributed by atoms with E-state index in [-0.39, 0.29) is 48.8 Å². The molecule has 2 aliphatic rings. The normalized spacial score (nSPS) is 14.0. The number of allylic oxidation sites excluding steroid dienone is 8. The molecule has 4 aromatic rings. The Hall–Kier alpha value is -4.87. The summed E-state index contributed by atoms with van der Waals surface area (Å²) in [7, 11) is 2.87. The predicted octanol–water partition coefficient (Wildman–Crippen LogP) is 7.76. The summed E-state index contributed by atoms with van der Waals surface area (Å²) >= 11 is -5.31. The topological polar surface area (TPSA) is 59.1 Å². The van der Waals surface area contributed by atoms with Gasteiger partial charge >= 0.3 is 311 Å². The Balaban J connectivity index is 1.65. The fourth-order valence-electron chi connectivity index (χ4n) is 7.24. The Labute approximate surface area is 309 Å². The van der Waals surface area contributed by atoms with Gasteiger partial charge in [0.05, 0.1) is 0 Å². The summed E-state index contributed by atoms with van der Waals surface area (Å²) < 4.78 is 77.2. The molecule has 11 heteroatoms. The second kappa shape index (κ2) is 16.9. The summed E-state index contributed by atoms with van der Waals surface area (Å²) in [6, 6.07) is 20.9. The fourth-order valence-corrected chi connectivity index (χ4v) is 16.0. The molecule has 0 saturated heterocycles. The Morgan fingerprint density at radius 1 is 0.566 bits per heavy atom. The number of hydrogen-bond donors (Lipinski definition) is 0. The summed E-state index contributed by atoms with van der Waals surface area (Å²) in [5, 5.41) is 0. The van der Waals surface area contributed by atoms with Crippen LogP contribution < -0.4 is 17.5 Å². The summed E-state index contributed by atoms with van der Waals surface area (Å²) in [6.07, 6.45) is 13.6. The quantitative estimate of drug-likeness (QED) is 0.0975. The van der Waals surface area contributed by atoms with Crippen molar-refractivity contribution in [1.82, 2.24) is 0 Å².